The van der Waals surface area contributed by atoms with Crippen LogP contribution in [0.25, 0.3) is 0 Å². The van der Waals surface area contributed by atoms with E-state index in [2.05, 4.69) is 25.8 Å². The molecule has 112 valence electrons. The van der Waals surface area contributed by atoms with E-state index < -0.39 is 11.6 Å². The van der Waals surface area contributed by atoms with Crippen LogP contribution in [0.2, 0.25) is 0 Å². The van der Waals surface area contributed by atoms with Gasteiger partial charge in [-0.05, 0) is 26.2 Å². The summed E-state index contributed by atoms with van der Waals surface area (Å²) in [6, 6.07) is 3.59. The Morgan fingerprint density at radius 3 is 2.57 bits per heavy atom. The SMILES string of the molecule is CN(C)CCNc1cnnc(Nc2c(F)cccc2F)n1. The van der Waals surface area contributed by atoms with Crippen molar-refractivity contribution < 1.29 is 8.78 Å². The molecule has 0 unspecified atom stereocenters. The highest BCUT2D eigenvalue weighted by atomic mass is 19.1. The van der Waals surface area contributed by atoms with E-state index in [0.717, 1.165) is 18.7 Å². The van der Waals surface area contributed by atoms with Gasteiger partial charge in [-0.15, -0.1) is 5.10 Å². The van der Waals surface area contributed by atoms with Crippen LogP contribution in [0, 0.1) is 11.6 Å². The van der Waals surface area contributed by atoms with Crippen molar-refractivity contribution in [3.63, 3.8) is 0 Å². The van der Waals surface area contributed by atoms with Gasteiger partial charge in [0.05, 0.1) is 6.20 Å². The van der Waals surface area contributed by atoms with E-state index in [-0.39, 0.29) is 11.6 Å². The quantitative estimate of drug-likeness (QED) is 0.848. The van der Waals surface area contributed by atoms with Gasteiger partial charge in [-0.25, -0.2) is 8.78 Å². The summed E-state index contributed by atoms with van der Waals surface area (Å²) in [6.45, 7) is 1.48. The Hall–Kier alpha value is -2.35. The van der Waals surface area contributed by atoms with Crippen LogP contribution in [-0.2, 0) is 0 Å². The number of aromatic nitrogens is 3. The van der Waals surface area contributed by atoms with Gasteiger partial charge in [0.25, 0.3) is 0 Å². The van der Waals surface area contributed by atoms with Gasteiger partial charge in [0.2, 0.25) is 5.95 Å². The van der Waals surface area contributed by atoms with Crippen LogP contribution < -0.4 is 10.6 Å². The average molecular weight is 294 g/mol. The molecule has 0 aliphatic rings. The first-order valence-electron chi connectivity index (χ1n) is 6.35. The van der Waals surface area contributed by atoms with Crippen LogP contribution in [0.5, 0.6) is 0 Å². The molecular weight excluding hydrogens is 278 g/mol. The summed E-state index contributed by atoms with van der Waals surface area (Å²) >= 11 is 0. The zero-order valence-electron chi connectivity index (χ0n) is 11.8. The first kappa shape index (κ1) is 15.0. The Kier molecular flexibility index (Phi) is 4.94. The highest BCUT2D eigenvalue weighted by Gasteiger charge is 2.10. The largest absolute Gasteiger partial charge is 0.367 e. The number of hydrogen-bond donors (Lipinski definition) is 2. The van der Waals surface area contributed by atoms with Crippen LogP contribution in [0.1, 0.15) is 0 Å². The lowest BCUT2D eigenvalue weighted by Crippen LogP contribution is -2.21. The van der Waals surface area contributed by atoms with E-state index in [4.69, 9.17) is 0 Å². The molecule has 0 radical (unpaired) electrons. The fraction of sp³-hybridized carbons (Fsp3) is 0.308. The van der Waals surface area contributed by atoms with Gasteiger partial charge in [-0.3, -0.25) is 0 Å². The molecule has 2 N–H and O–H groups in total. The van der Waals surface area contributed by atoms with Crippen molar-refractivity contribution in [3.8, 4) is 0 Å². The maximum Gasteiger partial charge on any atom is 0.249 e. The van der Waals surface area contributed by atoms with Crippen LogP contribution in [0.3, 0.4) is 0 Å². The molecule has 2 rings (SSSR count). The van der Waals surface area contributed by atoms with E-state index in [1.54, 1.807) is 0 Å². The molecule has 0 fully saturated rings. The van der Waals surface area contributed by atoms with E-state index in [1.807, 2.05) is 19.0 Å². The fourth-order valence-corrected chi connectivity index (χ4v) is 1.58. The highest BCUT2D eigenvalue weighted by Crippen LogP contribution is 2.21. The molecule has 8 heteroatoms. The van der Waals surface area contributed by atoms with Crippen LogP contribution in [0.15, 0.2) is 24.4 Å². The van der Waals surface area contributed by atoms with Gasteiger partial charge < -0.3 is 15.5 Å². The number of rotatable bonds is 6. The second kappa shape index (κ2) is 6.89. The molecule has 0 atom stereocenters. The third-order valence-corrected chi connectivity index (χ3v) is 2.62. The number of benzene rings is 1. The number of nitrogens with one attached hydrogen (secondary N) is 2. The Morgan fingerprint density at radius 1 is 1.19 bits per heavy atom. The van der Waals surface area contributed by atoms with Gasteiger partial charge in [0.1, 0.15) is 17.3 Å². The summed E-state index contributed by atoms with van der Waals surface area (Å²) in [4.78, 5) is 6.11. The molecule has 1 aromatic heterocycles. The summed E-state index contributed by atoms with van der Waals surface area (Å²) in [7, 11) is 3.90. The monoisotopic (exact) mass is 294 g/mol. The average Bonchev–Trinajstić information content (AvgIpc) is 2.43. The van der Waals surface area contributed by atoms with Gasteiger partial charge in [-0.2, -0.15) is 10.1 Å². The number of nitrogens with zero attached hydrogens (tertiary/aromatic N) is 4. The molecule has 0 aliphatic carbocycles. The molecule has 0 saturated heterocycles. The summed E-state index contributed by atoms with van der Waals surface area (Å²) in [6.07, 6.45) is 1.44. The molecular formula is C13H16F2N6. The van der Waals surface area contributed by atoms with Crippen molar-refractivity contribution >= 4 is 17.5 Å². The smallest absolute Gasteiger partial charge is 0.249 e. The van der Waals surface area contributed by atoms with Gasteiger partial charge in [0, 0.05) is 13.1 Å². The minimum Gasteiger partial charge on any atom is -0.367 e. The van der Waals surface area contributed by atoms with Crippen molar-refractivity contribution in [2.24, 2.45) is 0 Å². The van der Waals surface area contributed by atoms with Crippen molar-refractivity contribution in [1.82, 2.24) is 20.1 Å². The van der Waals surface area contributed by atoms with Gasteiger partial charge >= 0.3 is 0 Å². The predicted octanol–water partition coefficient (Wildman–Crippen LogP) is 1.87. The third kappa shape index (κ3) is 4.32. The zero-order chi connectivity index (χ0) is 15.2. The fourth-order valence-electron chi connectivity index (χ4n) is 1.58. The molecule has 21 heavy (non-hydrogen) atoms. The lowest BCUT2D eigenvalue weighted by atomic mass is 10.3. The van der Waals surface area contributed by atoms with Crippen molar-refractivity contribution in [1.29, 1.82) is 0 Å². The molecule has 0 amide bonds. The normalized spacial score (nSPS) is 10.7. The topological polar surface area (TPSA) is 66.0 Å². The maximum absolute atomic E-state index is 13.5. The predicted molar refractivity (Wildman–Crippen MR) is 76.5 cm³/mol. The van der Waals surface area contributed by atoms with Crippen LogP contribution in [0.4, 0.5) is 26.2 Å². The molecule has 1 heterocycles. The van der Waals surface area contributed by atoms with Crippen LogP contribution in [-0.4, -0.2) is 47.3 Å². The highest BCUT2D eigenvalue weighted by molar-refractivity contribution is 5.55. The van der Waals surface area contributed by atoms with E-state index in [9.17, 15) is 8.78 Å². The summed E-state index contributed by atoms with van der Waals surface area (Å²) in [5, 5.41) is 13.0. The Balaban J connectivity index is 2.07. The van der Waals surface area contributed by atoms with Crippen molar-refractivity contribution in [2.45, 2.75) is 0 Å². The zero-order valence-corrected chi connectivity index (χ0v) is 11.8. The second-order valence-electron chi connectivity index (χ2n) is 4.62. The Morgan fingerprint density at radius 2 is 1.90 bits per heavy atom. The number of para-hydroxylation sites is 1. The molecule has 6 nitrogen and oxygen atoms in total. The molecule has 0 spiro atoms. The van der Waals surface area contributed by atoms with E-state index in [0.29, 0.717) is 12.4 Å². The maximum atomic E-state index is 13.5. The summed E-state index contributed by atoms with van der Waals surface area (Å²) in [5.41, 5.74) is -0.301. The standard InChI is InChI=1S/C13H16F2N6/c1-21(2)7-6-16-11-8-17-20-13(18-11)19-12-9(14)4-3-5-10(12)15/h3-5,8H,6-7H2,1-2H3,(H2,16,18,19,20). The summed E-state index contributed by atoms with van der Waals surface area (Å²) < 4.78 is 27.1. The Labute approximate surface area is 121 Å². The summed E-state index contributed by atoms with van der Waals surface area (Å²) in [5.74, 6) is -0.936. The Bertz CT molecular complexity index is 585. The van der Waals surface area contributed by atoms with E-state index >= 15 is 0 Å². The number of anilines is 3. The second-order valence-corrected chi connectivity index (χ2v) is 4.62. The van der Waals surface area contributed by atoms with E-state index in [1.165, 1.54) is 12.3 Å². The lowest BCUT2D eigenvalue weighted by molar-refractivity contribution is 0.425. The van der Waals surface area contributed by atoms with Crippen molar-refractivity contribution in [3.05, 3.63) is 36.0 Å². The van der Waals surface area contributed by atoms with Crippen LogP contribution >= 0.6 is 0 Å². The van der Waals surface area contributed by atoms with Crippen molar-refractivity contribution in [2.75, 3.05) is 37.8 Å². The number of hydrogen-bond acceptors (Lipinski definition) is 6. The minimum absolute atomic E-state index is 0.0221. The molecule has 0 bridgehead atoms. The first-order chi connectivity index (χ1) is 10.1. The molecule has 0 saturated carbocycles. The first-order valence-corrected chi connectivity index (χ1v) is 6.35. The lowest BCUT2D eigenvalue weighted by Gasteiger charge is -2.11. The molecule has 2 aromatic rings. The van der Waals surface area contributed by atoms with Gasteiger partial charge in [0.15, 0.2) is 5.82 Å². The number of likely N-dealkylation sites (N-methyl/N-ethyl adjacent to an activating group) is 1. The minimum atomic E-state index is -0.718. The number of halogens is 2. The molecule has 0 aliphatic heterocycles. The molecule has 1 aromatic carbocycles. The third-order valence-electron chi connectivity index (χ3n) is 2.62. The van der Waals surface area contributed by atoms with Gasteiger partial charge in [-0.1, -0.05) is 6.07 Å².